The number of anilines is 2. The average Bonchev–Trinajstić information content (AvgIpc) is 3.57. The minimum absolute atomic E-state index is 0.0147. The van der Waals surface area contributed by atoms with Crippen molar-refractivity contribution in [1.29, 1.82) is 0 Å². The van der Waals surface area contributed by atoms with Crippen LogP contribution in [0.1, 0.15) is 29.0 Å². The van der Waals surface area contributed by atoms with E-state index in [9.17, 15) is 9.59 Å². The Morgan fingerprint density at radius 1 is 1.11 bits per heavy atom. The molecule has 1 saturated carbocycles. The number of hydrogen-bond acceptors (Lipinski definition) is 6. The van der Waals surface area contributed by atoms with Gasteiger partial charge in [-0.3, -0.25) is 14.3 Å². The van der Waals surface area contributed by atoms with Crippen LogP contribution in [0.4, 0.5) is 11.5 Å². The van der Waals surface area contributed by atoms with Crippen molar-refractivity contribution in [1.82, 2.24) is 24.4 Å². The highest BCUT2D eigenvalue weighted by molar-refractivity contribution is 6.03. The highest BCUT2D eigenvalue weighted by Gasteiger charge is 2.30. The maximum Gasteiger partial charge on any atom is 0.273 e. The zero-order valence-corrected chi connectivity index (χ0v) is 20.9. The Morgan fingerprint density at radius 3 is 2.79 bits per heavy atom. The lowest BCUT2D eigenvalue weighted by molar-refractivity contribution is -0.117. The number of nitrogens with zero attached hydrogens (tertiary/aromatic N) is 5. The molecule has 1 fully saturated rings. The maximum atomic E-state index is 13.0. The lowest BCUT2D eigenvalue weighted by atomic mass is 10.2. The first kappa shape index (κ1) is 24.7. The molecule has 10 nitrogen and oxygen atoms in total. The maximum absolute atomic E-state index is 13.0. The third kappa shape index (κ3) is 6.04. The molecule has 3 aromatic heterocycles. The van der Waals surface area contributed by atoms with Gasteiger partial charge in [-0.1, -0.05) is 43.0 Å². The van der Waals surface area contributed by atoms with E-state index in [0.717, 1.165) is 18.5 Å². The number of aromatic nitrogens is 5. The number of carbonyl (C=O) groups is 2. The van der Waals surface area contributed by atoms with Gasteiger partial charge in [0, 0.05) is 23.7 Å². The molecule has 4 aromatic rings. The fourth-order valence-electron chi connectivity index (χ4n) is 3.76. The van der Waals surface area contributed by atoms with Crippen LogP contribution in [0.15, 0.2) is 85.6 Å². The third-order valence-corrected chi connectivity index (χ3v) is 5.72. The number of carbonyl (C=O) groups excluding carboxylic acids is 2. The Labute approximate surface area is 219 Å². The van der Waals surface area contributed by atoms with Crippen molar-refractivity contribution < 1.29 is 14.3 Å². The van der Waals surface area contributed by atoms with Gasteiger partial charge >= 0.3 is 0 Å². The zero-order chi connectivity index (χ0) is 26.5. The third-order valence-electron chi connectivity index (χ3n) is 5.72. The van der Waals surface area contributed by atoms with E-state index in [0.29, 0.717) is 41.0 Å². The SMILES string of the molecule is C=C/C=C\C=C/Cn1nc(C)cc1C(=O)Nc1cccc(Oc2ccc3nc(NC(=O)C4CC4)cn3n2)c1. The van der Waals surface area contributed by atoms with E-state index in [4.69, 9.17) is 4.74 Å². The van der Waals surface area contributed by atoms with Crippen LogP contribution in [0, 0.1) is 12.8 Å². The van der Waals surface area contributed by atoms with Crippen molar-refractivity contribution in [3.05, 3.63) is 97.0 Å². The first-order valence-corrected chi connectivity index (χ1v) is 12.2. The number of aryl methyl sites for hydroxylation is 1. The van der Waals surface area contributed by atoms with Gasteiger partial charge in [0.2, 0.25) is 11.8 Å². The lowest BCUT2D eigenvalue weighted by Crippen LogP contribution is -2.17. The number of fused-ring (bicyclic) bond motifs is 1. The van der Waals surface area contributed by atoms with Crippen LogP contribution >= 0.6 is 0 Å². The summed E-state index contributed by atoms with van der Waals surface area (Å²) in [4.78, 5) is 29.4. The van der Waals surface area contributed by atoms with Crippen LogP contribution in [-0.4, -0.2) is 36.2 Å². The van der Waals surface area contributed by atoms with Crippen molar-refractivity contribution in [3.8, 4) is 11.6 Å². The van der Waals surface area contributed by atoms with Crippen LogP contribution < -0.4 is 15.4 Å². The number of nitrogens with one attached hydrogen (secondary N) is 2. The standard InChI is InChI=1S/C28H27N7O3/c1-3-4-5-6-7-15-34-23(16-19(2)32-34)28(37)29-21-9-8-10-22(17-21)38-26-14-13-25-30-24(18-35(25)33-26)31-27(36)20-11-12-20/h3-10,13-14,16-18,20H,1,11-12,15H2,2H3,(H,29,37)(H,31,36)/b5-4-,7-6-. The second-order valence-corrected chi connectivity index (χ2v) is 8.85. The van der Waals surface area contributed by atoms with E-state index in [2.05, 4.69) is 32.4 Å². The van der Waals surface area contributed by atoms with Crippen LogP contribution in [0.5, 0.6) is 11.6 Å². The average molecular weight is 510 g/mol. The molecule has 2 amide bonds. The summed E-state index contributed by atoms with van der Waals surface area (Å²) in [6.07, 6.45) is 12.7. The molecular weight excluding hydrogens is 482 g/mol. The molecule has 5 rings (SSSR count). The Balaban J connectivity index is 1.25. The van der Waals surface area contributed by atoms with Gasteiger partial charge in [-0.05, 0) is 44.0 Å². The van der Waals surface area contributed by atoms with Gasteiger partial charge in [-0.2, -0.15) is 5.10 Å². The van der Waals surface area contributed by atoms with E-state index in [1.54, 1.807) is 63.9 Å². The Hall–Kier alpha value is -4.99. The van der Waals surface area contributed by atoms with Crippen molar-refractivity contribution in [2.45, 2.75) is 26.3 Å². The van der Waals surface area contributed by atoms with Gasteiger partial charge in [0.15, 0.2) is 11.5 Å². The molecule has 0 bridgehead atoms. The number of allylic oxidation sites excluding steroid dienone is 5. The molecule has 10 heteroatoms. The molecule has 38 heavy (non-hydrogen) atoms. The van der Waals surface area contributed by atoms with Crippen LogP contribution in [0.2, 0.25) is 0 Å². The monoisotopic (exact) mass is 509 g/mol. The van der Waals surface area contributed by atoms with E-state index < -0.39 is 0 Å². The topological polar surface area (TPSA) is 115 Å². The largest absolute Gasteiger partial charge is 0.438 e. The van der Waals surface area contributed by atoms with E-state index in [-0.39, 0.29) is 17.7 Å². The first-order valence-electron chi connectivity index (χ1n) is 12.2. The molecule has 0 saturated heterocycles. The Morgan fingerprint density at radius 2 is 1.97 bits per heavy atom. The number of amides is 2. The molecule has 0 spiro atoms. The number of hydrogen-bond donors (Lipinski definition) is 2. The van der Waals surface area contributed by atoms with Crippen LogP contribution in [0.25, 0.3) is 5.65 Å². The van der Waals surface area contributed by atoms with Gasteiger partial charge in [-0.15, -0.1) is 5.10 Å². The molecule has 3 heterocycles. The first-order chi connectivity index (χ1) is 18.5. The second kappa shape index (κ2) is 11.0. The number of ether oxygens (including phenoxy) is 1. The minimum Gasteiger partial charge on any atom is -0.438 e. The molecule has 2 N–H and O–H groups in total. The summed E-state index contributed by atoms with van der Waals surface area (Å²) < 4.78 is 9.13. The predicted molar refractivity (Wildman–Crippen MR) is 144 cm³/mol. The molecule has 192 valence electrons. The van der Waals surface area contributed by atoms with Gasteiger partial charge in [0.1, 0.15) is 11.4 Å². The molecule has 0 atom stereocenters. The van der Waals surface area contributed by atoms with Crippen molar-refractivity contribution in [3.63, 3.8) is 0 Å². The summed E-state index contributed by atoms with van der Waals surface area (Å²) in [5, 5.41) is 14.6. The minimum atomic E-state index is -0.281. The van der Waals surface area contributed by atoms with Gasteiger partial charge < -0.3 is 15.4 Å². The summed E-state index contributed by atoms with van der Waals surface area (Å²) >= 11 is 0. The number of imidazole rings is 1. The molecule has 1 aromatic carbocycles. The number of rotatable bonds is 10. The summed E-state index contributed by atoms with van der Waals surface area (Å²) in [7, 11) is 0. The molecular formula is C28H27N7O3. The molecule has 1 aliphatic carbocycles. The smallest absolute Gasteiger partial charge is 0.273 e. The van der Waals surface area contributed by atoms with E-state index in [1.807, 2.05) is 31.2 Å². The summed E-state index contributed by atoms with van der Waals surface area (Å²) in [5.41, 5.74) is 2.35. The van der Waals surface area contributed by atoms with Gasteiger partial charge in [0.25, 0.3) is 5.91 Å². The zero-order valence-electron chi connectivity index (χ0n) is 20.9. The van der Waals surface area contributed by atoms with Crippen molar-refractivity contribution >= 4 is 29.0 Å². The van der Waals surface area contributed by atoms with Crippen LogP contribution in [0.3, 0.4) is 0 Å². The quantitative estimate of drug-likeness (QED) is 0.293. The fraction of sp³-hybridized carbons (Fsp3) is 0.179. The normalized spacial score (nSPS) is 13.3. The molecule has 1 aliphatic rings. The highest BCUT2D eigenvalue weighted by Crippen LogP contribution is 2.30. The number of benzene rings is 1. The Kier molecular flexibility index (Phi) is 7.12. The van der Waals surface area contributed by atoms with Crippen molar-refractivity contribution in [2.75, 3.05) is 10.6 Å². The highest BCUT2D eigenvalue weighted by atomic mass is 16.5. The Bertz CT molecular complexity index is 1560. The summed E-state index contributed by atoms with van der Waals surface area (Å²) in [6.45, 7) is 5.93. The summed E-state index contributed by atoms with van der Waals surface area (Å²) in [6, 6.07) is 12.2. The van der Waals surface area contributed by atoms with E-state index >= 15 is 0 Å². The molecule has 0 unspecified atom stereocenters. The summed E-state index contributed by atoms with van der Waals surface area (Å²) in [5.74, 6) is 1.08. The van der Waals surface area contributed by atoms with E-state index in [1.165, 1.54) is 0 Å². The predicted octanol–water partition coefficient (Wildman–Crippen LogP) is 4.93. The molecule has 0 aliphatic heterocycles. The lowest BCUT2D eigenvalue weighted by Gasteiger charge is -2.09. The van der Waals surface area contributed by atoms with Gasteiger partial charge in [-0.25, -0.2) is 9.50 Å². The van der Waals surface area contributed by atoms with Crippen LogP contribution in [-0.2, 0) is 11.3 Å². The second-order valence-electron chi connectivity index (χ2n) is 8.85. The fourth-order valence-corrected chi connectivity index (χ4v) is 3.76. The molecule has 0 radical (unpaired) electrons. The van der Waals surface area contributed by atoms with Gasteiger partial charge in [0.05, 0.1) is 18.4 Å². The van der Waals surface area contributed by atoms with Crippen molar-refractivity contribution in [2.24, 2.45) is 5.92 Å².